The smallest absolute Gasteiger partial charge is 0.0558 e. The lowest BCUT2D eigenvalue weighted by atomic mass is 9.98. The summed E-state index contributed by atoms with van der Waals surface area (Å²) in [6.07, 6.45) is 2.08. The van der Waals surface area contributed by atoms with Crippen molar-refractivity contribution in [3.8, 4) is 0 Å². The Morgan fingerprint density at radius 3 is 2.29 bits per heavy atom. The number of hydrogen-bond donors (Lipinski definition) is 2. The largest absolute Gasteiger partial charge is 0.382 e. The number of benzene rings is 1. The van der Waals surface area contributed by atoms with E-state index in [0.717, 1.165) is 12.8 Å². The average molecular weight is 236 g/mol. The summed E-state index contributed by atoms with van der Waals surface area (Å²) in [6, 6.07) is 6.88. The molecule has 1 aromatic rings. The van der Waals surface area contributed by atoms with Crippen molar-refractivity contribution < 1.29 is 4.74 Å². The van der Waals surface area contributed by atoms with Gasteiger partial charge in [-0.05, 0) is 39.2 Å². The van der Waals surface area contributed by atoms with Gasteiger partial charge in [-0.25, -0.2) is 0 Å². The van der Waals surface area contributed by atoms with Gasteiger partial charge in [0, 0.05) is 13.2 Å². The second-order valence-corrected chi connectivity index (χ2v) is 4.85. The third-order valence-electron chi connectivity index (χ3n) is 3.02. The van der Waals surface area contributed by atoms with Gasteiger partial charge in [-0.1, -0.05) is 29.3 Å². The van der Waals surface area contributed by atoms with E-state index in [2.05, 4.69) is 44.4 Å². The van der Waals surface area contributed by atoms with Gasteiger partial charge in [-0.3, -0.25) is 11.3 Å². The van der Waals surface area contributed by atoms with Gasteiger partial charge in [-0.2, -0.15) is 0 Å². The van der Waals surface area contributed by atoms with Gasteiger partial charge in [0.15, 0.2) is 0 Å². The van der Waals surface area contributed by atoms with E-state index in [9.17, 15) is 0 Å². The molecule has 2 atom stereocenters. The molecule has 3 nitrogen and oxygen atoms in total. The number of nitrogens with two attached hydrogens (primary N) is 1. The van der Waals surface area contributed by atoms with Crippen molar-refractivity contribution in [3.63, 3.8) is 0 Å². The van der Waals surface area contributed by atoms with Gasteiger partial charge in [0.25, 0.3) is 0 Å². The Morgan fingerprint density at radius 2 is 1.82 bits per heavy atom. The van der Waals surface area contributed by atoms with Crippen LogP contribution in [0, 0.1) is 13.8 Å². The van der Waals surface area contributed by atoms with E-state index < -0.39 is 0 Å². The van der Waals surface area contributed by atoms with E-state index in [1.807, 2.05) is 0 Å². The molecule has 0 fully saturated rings. The molecule has 0 bridgehead atoms. The minimum Gasteiger partial charge on any atom is -0.382 e. The number of hydrazine groups is 1. The Kier molecular flexibility index (Phi) is 5.62. The van der Waals surface area contributed by atoms with Crippen LogP contribution in [0.2, 0.25) is 0 Å². The summed E-state index contributed by atoms with van der Waals surface area (Å²) in [4.78, 5) is 0. The Balaban J connectivity index is 2.66. The summed E-state index contributed by atoms with van der Waals surface area (Å²) in [5.41, 5.74) is 6.81. The zero-order valence-electron chi connectivity index (χ0n) is 11.3. The molecule has 3 N–H and O–H groups in total. The van der Waals surface area contributed by atoms with Crippen LogP contribution in [-0.4, -0.2) is 19.3 Å². The quantitative estimate of drug-likeness (QED) is 0.587. The molecule has 0 aliphatic carbocycles. The lowest BCUT2D eigenvalue weighted by Gasteiger charge is -2.20. The molecular weight excluding hydrogens is 212 g/mol. The monoisotopic (exact) mass is 236 g/mol. The van der Waals surface area contributed by atoms with Crippen molar-refractivity contribution in [2.45, 2.75) is 45.8 Å². The number of hydrogen-bond acceptors (Lipinski definition) is 3. The fourth-order valence-corrected chi connectivity index (χ4v) is 2.18. The van der Waals surface area contributed by atoms with Gasteiger partial charge in [0.2, 0.25) is 0 Å². The second-order valence-electron chi connectivity index (χ2n) is 4.85. The standard InChI is InChI=1S/C14H24N2O/c1-10-5-11(2)7-13(6-10)9-14(16-15)8-12(3)17-4/h5-7,12,14,16H,8-9,15H2,1-4H3. The first-order chi connectivity index (χ1) is 8.05. The molecule has 0 saturated heterocycles. The molecule has 17 heavy (non-hydrogen) atoms. The van der Waals surface area contributed by atoms with Crippen molar-refractivity contribution in [1.29, 1.82) is 0 Å². The minimum atomic E-state index is 0.224. The first-order valence-corrected chi connectivity index (χ1v) is 6.11. The molecule has 0 aliphatic heterocycles. The number of methoxy groups -OCH3 is 1. The summed E-state index contributed by atoms with van der Waals surface area (Å²) < 4.78 is 5.27. The summed E-state index contributed by atoms with van der Waals surface area (Å²) in [7, 11) is 1.73. The van der Waals surface area contributed by atoms with Crippen LogP contribution in [0.25, 0.3) is 0 Å². The first kappa shape index (κ1) is 14.2. The molecule has 0 aromatic heterocycles. The molecule has 3 heteroatoms. The highest BCUT2D eigenvalue weighted by molar-refractivity contribution is 5.29. The molecule has 2 unspecified atom stereocenters. The lowest BCUT2D eigenvalue weighted by molar-refractivity contribution is 0.100. The molecule has 0 heterocycles. The molecule has 0 aliphatic rings. The Morgan fingerprint density at radius 1 is 1.24 bits per heavy atom. The van der Waals surface area contributed by atoms with Gasteiger partial charge in [0.1, 0.15) is 0 Å². The van der Waals surface area contributed by atoms with Crippen molar-refractivity contribution in [2.75, 3.05) is 7.11 Å². The van der Waals surface area contributed by atoms with Crippen LogP contribution in [-0.2, 0) is 11.2 Å². The predicted octanol–water partition coefficient (Wildman–Crippen LogP) is 2.10. The van der Waals surface area contributed by atoms with E-state index in [4.69, 9.17) is 10.6 Å². The van der Waals surface area contributed by atoms with Crippen LogP contribution in [0.1, 0.15) is 30.0 Å². The molecular formula is C14H24N2O. The predicted molar refractivity (Wildman–Crippen MR) is 71.8 cm³/mol. The van der Waals surface area contributed by atoms with E-state index in [-0.39, 0.29) is 12.1 Å². The van der Waals surface area contributed by atoms with E-state index in [1.165, 1.54) is 16.7 Å². The van der Waals surface area contributed by atoms with Gasteiger partial charge in [-0.15, -0.1) is 0 Å². The average Bonchev–Trinajstić information content (AvgIpc) is 2.26. The van der Waals surface area contributed by atoms with Crippen LogP contribution in [0.15, 0.2) is 18.2 Å². The summed E-state index contributed by atoms with van der Waals surface area (Å²) in [5.74, 6) is 5.59. The molecule has 0 saturated carbocycles. The Bertz CT molecular complexity index is 332. The van der Waals surface area contributed by atoms with Crippen LogP contribution >= 0.6 is 0 Å². The Hall–Kier alpha value is -0.900. The summed E-state index contributed by atoms with van der Waals surface area (Å²) in [5, 5.41) is 0. The maximum Gasteiger partial charge on any atom is 0.0558 e. The van der Waals surface area contributed by atoms with Crippen molar-refractivity contribution in [1.82, 2.24) is 5.43 Å². The van der Waals surface area contributed by atoms with Crippen LogP contribution in [0.4, 0.5) is 0 Å². The zero-order chi connectivity index (χ0) is 12.8. The van der Waals surface area contributed by atoms with Gasteiger partial charge < -0.3 is 4.74 Å². The first-order valence-electron chi connectivity index (χ1n) is 6.11. The Labute approximate surface area is 104 Å². The third-order valence-corrected chi connectivity index (χ3v) is 3.02. The molecule has 1 rings (SSSR count). The van der Waals surface area contributed by atoms with Crippen molar-refractivity contribution >= 4 is 0 Å². The molecule has 0 radical (unpaired) electrons. The highest BCUT2D eigenvalue weighted by Gasteiger charge is 2.12. The maximum absolute atomic E-state index is 5.59. The van der Waals surface area contributed by atoms with E-state index in [1.54, 1.807) is 7.11 Å². The van der Waals surface area contributed by atoms with E-state index >= 15 is 0 Å². The topological polar surface area (TPSA) is 47.3 Å². The second kappa shape index (κ2) is 6.74. The van der Waals surface area contributed by atoms with Crippen molar-refractivity contribution in [2.24, 2.45) is 5.84 Å². The van der Waals surface area contributed by atoms with Gasteiger partial charge in [0.05, 0.1) is 6.10 Å². The summed E-state index contributed by atoms with van der Waals surface area (Å²) in [6.45, 7) is 6.31. The van der Waals surface area contributed by atoms with Crippen LogP contribution < -0.4 is 11.3 Å². The van der Waals surface area contributed by atoms with E-state index in [0.29, 0.717) is 0 Å². The zero-order valence-corrected chi connectivity index (χ0v) is 11.3. The normalized spacial score (nSPS) is 14.6. The molecule has 1 aromatic carbocycles. The lowest BCUT2D eigenvalue weighted by Crippen LogP contribution is -2.39. The highest BCUT2D eigenvalue weighted by atomic mass is 16.5. The number of ether oxygens (including phenoxy) is 1. The van der Waals surface area contributed by atoms with Crippen molar-refractivity contribution in [3.05, 3.63) is 34.9 Å². The maximum atomic E-state index is 5.59. The third kappa shape index (κ3) is 4.86. The molecule has 96 valence electrons. The number of aryl methyl sites for hydroxylation is 2. The highest BCUT2D eigenvalue weighted by Crippen LogP contribution is 2.13. The number of nitrogens with one attached hydrogen (secondary N) is 1. The minimum absolute atomic E-state index is 0.224. The van der Waals surface area contributed by atoms with Crippen LogP contribution in [0.5, 0.6) is 0 Å². The summed E-state index contributed by atoms with van der Waals surface area (Å²) >= 11 is 0. The molecule has 0 amide bonds. The molecule has 0 spiro atoms. The SMILES string of the molecule is COC(C)CC(Cc1cc(C)cc(C)c1)NN. The van der Waals surface area contributed by atoms with Gasteiger partial charge >= 0.3 is 0 Å². The fraction of sp³-hybridized carbons (Fsp3) is 0.571. The fourth-order valence-electron chi connectivity index (χ4n) is 2.18. The number of rotatable bonds is 6. The van der Waals surface area contributed by atoms with Crippen LogP contribution in [0.3, 0.4) is 0 Å².